The molecule has 7 heteroatoms. The lowest BCUT2D eigenvalue weighted by atomic mass is 10.0. The van der Waals surface area contributed by atoms with Crippen molar-refractivity contribution in [1.29, 1.82) is 0 Å². The molecule has 3 aliphatic rings. The molecule has 0 bridgehead atoms. The average molecular weight is 458 g/mol. The summed E-state index contributed by atoms with van der Waals surface area (Å²) < 4.78 is 5.21. The molecule has 1 aromatic rings. The normalized spacial score (nSPS) is 22.4. The second kappa shape index (κ2) is 7.55. The predicted octanol–water partition coefficient (Wildman–Crippen LogP) is 2.42. The Bertz CT molecular complexity index is 615. The Hall–Kier alpha value is -1.25. The number of nitrogens with zero attached hydrogens (tertiary/aromatic N) is 3. The van der Waals surface area contributed by atoms with E-state index in [9.17, 15) is 4.79 Å². The number of amides is 1. The van der Waals surface area contributed by atoms with Gasteiger partial charge in [0.1, 0.15) is 0 Å². The summed E-state index contributed by atoms with van der Waals surface area (Å²) in [4.78, 5) is 20.9. The van der Waals surface area contributed by atoms with Gasteiger partial charge in [-0.3, -0.25) is 9.79 Å². The summed E-state index contributed by atoms with van der Waals surface area (Å²) in [6.07, 6.45) is 7.10. The van der Waals surface area contributed by atoms with Crippen LogP contribution in [0.4, 0.5) is 0 Å². The molecule has 0 aromatic carbocycles. The molecular formula is C18H27IN4O2. The Morgan fingerprint density at radius 3 is 2.48 bits per heavy atom. The Morgan fingerprint density at radius 1 is 1.28 bits per heavy atom. The van der Waals surface area contributed by atoms with Crippen molar-refractivity contribution in [3.63, 3.8) is 0 Å². The van der Waals surface area contributed by atoms with Gasteiger partial charge in [0.15, 0.2) is 11.7 Å². The minimum absolute atomic E-state index is 0. The van der Waals surface area contributed by atoms with Crippen LogP contribution >= 0.6 is 24.0 Å². The first-order valence-corrected chi connectivity index (χ1v) is 9.00. The van der Waals surface area contributed by atoms with Crippen molar-refractivity contribution >= 4 is 35.8 Å². The fraction of sp³-hybridized carbons (Fsp3) is 0.667. The first-order valence-electron chi connectivity index (χ1n) is 9.00. The molecule has 3 fully saturated rings. The predicted molar refractivity (Wildman–Crippen MR) is 107 cm³/mol. The second-order valence-electron chi connectivity index (χ2n) is 7.29. The van der Waals surface area contributed by atoms with Crippen LogP contribution in [0.1, 0.15) is 36.2 Å². The van der Waals surface area contributed by atoms with Crippen molar-refractivity contribution in [2.24, 2.45) is 16.3 Å². The Morgan fingerprint density at radius 2 is 1.96 bits per heavy atom. The summed E-state index contributed by atoms with van der Waals surface area (Å²) >= 11 is 0. The highest BCUT2D eigenvalue weighted by Gasteiger charge is 2.53. The SMILES string of the molecule is CN=C(NCC1(C2CC2)CC1)N1CCN(C(=O)c2ccco2)CC1.I. The van der Waals surface area contributed by atoms with Gasteiger partial charge in [0.2, 0.25) is 0 Å². The minimum Gasteiger partial charge on any atom is -0.459 e. The fourth-order valence-corrected chi connectivity index (χ4v) is 3.85. The van der Waals surface area contributed by atoms with E-state index in [0.29, 0.717) is 24.3 Å². The number of rotatable bonds is 4. The maximum absolute atomic E-state index is 12.3. The number of carbonyl (C=O) groups excluding carboxylic acids is 1. The average Bonchev–Trinajstić information content (AvgIpc) is 3.54. The molecule has 0 unspecified atom stereocenters. The molecule has 2 saturated carbocycles. The number of hydrogen-bond acceptors (Lipinski definition) is 3. The molecular weight excluding hydrogens is 431 g/mol. The van der Waals surface area contributed by atoms with Crippen molar-refractivity contribution in [3.05, 3.63) is 24.2 Å². The molecule has 6 nitrogen and oxygen atoms in total. The summed E-state index contributed by atoms with van der Waals surface area (Å²) in [6.45, 7) is 4.07. The Kier molecular flexibility index (Phi) is 5.60. The van der Waals surface area contributed by atoms with Crippen LogP contribution < -0.4 is 5.32 Å². The van der Waals surface area contributed by atoms with E-state index in [1.807, 2.05) is 11.9 Å². The van der Waals surface area contributed by atoms with Gasteiger partial charge in [0.25, 0.3) is 5.91 Å². The molecule has 1 aromatic heterocycles. The van der Waals surface area contributed by atoms with E-state index in [1.165, 1.54) is 25.7 Å². The fourth-order valence-electron chi connectivity index (χ4n) is 3.85. The number of nitrogens with one attached hydrogen (secondary N) is 1. The third kappa shape index (κ3) is 3.96. The number of hydrogen-bond donors (Lipinski definition) is 1. The summed E-state index contributed by atoms with van der Waals surface area (Å²) in [5.41, 5.74) is 0.563. The quantitative estimate of drug-likeness (QED) is 0.428. The number of aliphatic imine (C=N–C) groups is 1. The molecule has 1 N–H and O–H groups in total. The molecule has 0 spiro atoms. The standard InChI is InChI=1S/C18H26N4O2.HI/c1-19-17(20-13-18(6-7-18)14-4-5-14)22-10-8-21(9-11-22)16(23)15-3-2-12-24-15;/h2-3,12,14H,4-11,13H2,1H3,(H,19,20);1H. The van der Waals surface area contributed by atoms with Crippen LogP contribution in [0.2, 0.25) is 0 Å². The van der Waals surface area contributed by atoms with Gasteiger partial charge in [-0.2, -0.15) is 0 Å². The summed E-state index contributed by atoms with van der Waals surface area (Å²) in [5, 5.41) is 3.59. The molecule has 138 valence electrons. The third-order valence-electron chi connectivity index (χ3n) is 5.74. The number of guanidine groups is 1. The molecule has 1 amide bonds. The van der Waals surface area contributed by atoms with Crippen LogP contribution in [-0.4, -0.2) is 61.4 Å². The van der Waals surface area contributed by atoms with E-state index >= 15 is 0 Å². The summed E-state index contributed by atoms with van der Waals surface area (Å²) in [7, 11) is 1.85. The smallest absolute Gasteiger partial charge is 0.289 e. The zero-order valence-corrected chi connectivity index (χ0v) is 17.1. The van der Waals surface area contributed by atoms with Gasteiger partial charge < -0.3 is 19.5 Å². The van der Waals surface area contributed by atoms with E-state index < -0.39 is 0 Å². The van der Waals surface area contributed by atoms with E-state index in [2.05, 4.69) is 15.2 Å². The van der Waals surface area contributed by atoms with E-state index in [4.69, 9.17) is 4.42 Å². The van der Waals surface area contributed by atoms with Crippen LogP contribution in [0, 0.1) is 11.3 Å². The number of halogens is 1. The van der Waals surface area contributed by atoms with Gasteiger partial charge in [-0.25, -0.2) is 0 Å². The lowest BCUT2D eigenvalue weighted by molar-refractivity contribution is 0.0657. The number of piperazine rings is 1. The molecule has 0 atom stereocenters. The topological polar surface area (TPSA) is 61.1 Å². The van der Waals surface area contributed by atoms with Crippen LogP contribution in [0.15, 0.2) is 27.8 Å². The van der Waals surface area contributed by atoms with Crippen molar-refractivity contribution in [2.75, 3.05) is 39.8 Å². The van der Waals surface area contributed by atoms with Gasteiger partial charge in [-0.1, -0.05) is 0 Å². The van der Waals surface area contributed by atoms with Gasteiger partial charge >= 0.3 is 0 Å². The van der Waals surface area contributed by atoms with Crippen LogP contribution in [0.25, 0.3) is 0 Å². The highest BCUT2D eigenvalue weighted by molar-refractivity contribution is 14.0. The number of furan rings is 1. The maximum Gasteiger partial charge on any atom is 0.289 e. The van der Waals surface area contributed by atoms with E-state index in [1.54, 1.807) is 18.4 Å². The molecule has 0 radical (unpaired) electrons. The lowest BCUT2D eigenvalue weighted by Crippen LogP contribution is -2.54. The van der Waals surface area contributed by atoms with Crippen LogP contribution in [0.5, 0.6) is 0 Å². The molecule has 1 aliphatic heterocycles. The van der Waals surface area contributed by atoms with E-state index in [-0.39, 0.29) is 29.9 Å². The number of carbonyl (C=O) groups is 1. The second-order valence-corrected chi connectivity index (χ2v) is 7.29. The molecule has 2 aliphatic carbocycles. The largest absolute Gasteiger partial charge is 0.459 e. The minimum atomic E-state index is -0.0201. The highest BCUT2D eigenvalue weighted by Crippen LogP contribution is 2.60. The van der Waals surface area contributed by atoms with Crippen molar-refractivity contribution in [3.8, 4) is 0 Å². The first kappa shape index (κ1) is 18.5. The molecule has 4 rings (SSSR count). The van der Waals surface area contributed by atoms with Gasteiger partial charge in [0, 0.05) is 39.8 Å². The molecule has 2 heterocycles. The monoisotopic (exact) mass is 458 g/mol. The maximum atomic E-state index is 12.3. The van der Waals surface area contributed by atoms with Gasteiger partial charge in [0.05, 0.1) is 6.26 Å². The zero-order chi connectivity index (χ0) is 16.6. The van der Waals surface area contributed by atoms with Gasteiger partial charge in [-0.15, -0.1) is 24.0 Å². The Balaban J connectivity index is 0.00000182. The van der Waals surface area contributed by atoms with Crippen LogP contribution in [0.3, 0.4) is 0 Å². The molecule has 25 heavy (non-hydrogen) atoms. The van der Waals surface area contributed by atoms with E-state index in [0.717, 1.165) is 31.5 Å². The van der Waals surface area contributed by atoms with Gasteiger partial charge in [-0.05, 0) is 49.1 Å². The zero-order valence-electron chi connectivity index (χ0n) is 14.7. The summed E-state index contributed by atoms with van der Waals surface area (Å²) in [5.74, 6) is 2.33. The molecule has 1 saturated heterocycles. The van der Waals surface area contributed by atoms with Crippen molar-refractivity contribution in [1.82, 2.24) is 15.1 Å². The highest BCUT2D eigenvalue weighted by atomic mass is 127. The summed E-state index contributed by atoms with van der Waals surface area (Å²) in [6, 6.07) is 3.48. The lowest BCUT2D eigenvalue weighted by Gasteiger charge is -2.36. The first-order chi connectivity index (χ1) is 11.7. The Labute approximate surface area is 166 Å². The van der Waals surface area contributed by atoms with Crippen molar-refractivity contribution in [2.45, 2.75) is 25.7 Å². The van der Waals surface area contributed by atoms with Crippen LogP contribution in [-0.2, 0) is 0 Å². The van der Waals surface area contributed by atoms with Crippen molar-refractivity contribution < 1.29 is 9.21 Å². The third-order valence-corrected chi connectivity index (χ3v) is 5.74.